The van der Waals surface area contributed by atoms with E-state index in [1.807, 2.05) is 0 Å². The number of aromatic nitrogens is 3. The zero-order valence-corrected chi connectivity index (χ0v) is 12.4. The van der Waals surface area contributed by atoms with Gasteiger partial charge in [0.15, 0.2) is 0 Å². The van der Waals surface area contributed by atoms with Crippen molar-refractivity contribution >= 4 is 5.91 Å². The van der Waals surface area contributed by atoms with Crippen molar-refractivity contribution in [2.24, 2.45) is 0 Å². The number of nitrogens with zero attached hydrogens (tertiary/aromatic N) is 4. The van der Waals surface area contributed by atoms with Crippen molar-refractivity contribution in [1.29, 1.82) is 0 Å². The van der Waals surface area contributed by atoms with Gasteiger partial charge in [-0.25, -0.2) is 4.98 Å². The second kappa shape index (κ2) is 6.42. The molecular weight excluding hydrogens is 325 g/mol. The Balaban J connectivity index is 1.62. The molecule has 0 spiro atoms. The number of hydrogen-bond donors (Lipinski definition) is 0. The fraction of sp³-hybridized carbons (Fsp3) is 0.333. The summed E-state index contributed by atoms with van der Waals surface area (Å²) in [5, 5.41) is 0. The molecule has 1 atom stereocenters. The van der Waals surface area contributed by atoms with Gasteiger partial charge in [0.2, 0.25) is 5.88 Å². The molecule has 0 radical (unpaired) electrons. The van der Waals surface area contributed by atoms with Crippen molar-refractivity contribution in [2.45, 2.75) is 18.7 Å². The molecule has 3 rings (SSSR count). The fourth-order valence-electron chi connectivity index (χ4n) is 2.40. The van der Waals surface area contributed by atoms with E-state index < -0.39 is 11.9 Å². The maximum absolute atomic E-state index is 12.5. The average Bonchev–Trinajstić information content (AvgIpc) is 3.03. The predicted octanol–water partition coefficient (Wildman–Crippen LogP) is 2.18. The first kappa shape index (κ1) is 16.2. The lowest BCUT2D eigenvalue weighted by atomic mass is 10.2. The zero-order chi connectivity index (χ0) is 17.2. The number of amides is 1. The van der Waals surface area contributed by atoms with Crippen molar-refractivity contribution < 1.29 is 22.7 Å². The van der Waals surface area contributed by atoms with Gasteiger partial charge in [0.05, 0.1) is 18.3 Å². The first-order valence-corrected chi connectivity index (χ1v) is 7.18. The van der Waals surface area contributed by atoms with Gasteiger partial charge in [-0.15, -0.1) is 0 Å². The van der Waals surface area contributed by atoms with Gasteiger partial charge < -0.3 is 9.64 Å². The van der Waals surface area contributed by atoms with E-state index in [4.69, 9.17) is 4.74 Å². The third-order valence-corrected chi connectivity index (χ3v) is 3.56. The van der Waals surface area contributed by atoms with Gasteiger partial charge in [0.25, 0.3) is 5.91 Å². The molecule has 0 N–H and O–H groups in total. The van der Waals surface area contributed by atoms with E-state index >= 15 is 0 Å². The molecule has 6 nitrogen and oxygen atoms in total. The molecule has 2 aromatic heterocycles. The first-order chi connectivity index (χ1) is 11.4. The van der Waals surface area contributed by atoms with Crippen molar-refractivity contribution in [3.63, 3.8) is 0 Å². The molecule has 1 unspecified atom stereocenters. The summed E-state index contributed by atoms with van der Waals surface area (Å²) in [5.41, 5.74) is -0.910. The lowest BCUT2D eigenvalue weighted by Gasteiger charge is -2.17. The van der Waals surface area contributed by atoms with Crippen LogP contribution >= 0.6 is 0 Å². The third-order valence-electron chi connectivity index (χ3n) is 3.56. The summed E-state index contributed by atoms with van der Waals surface area (Å²) in [5.74, 6) is -0.00512. The number of likely N-dealkylation sites (tertiary alicyclic amines) is 1. The SMILES string of the molecule is O=C(c1ccc(C(F)(F)F)nc1)N1CCC(Oc2cnccn2)C1. The van der Waals surface area contributed by atoms with Gasteiger partial charge >= 0.3 is 6.18 Å². The smallest absolute Gasteiger partial charge is 0.433 e. The van der Waals surface area contributed by atoms with Crippen molar-refractivity contribution in [3.8, 4) is 5.88 Å². The fourth-order valence-corrected chi connectivity index (χ4v) is 2.40. The highest BCUT2D eigenvalue weighted by molar-refractivity contribution is 5.94. The standard InChI is InChI=1S/C15H13F3N4O2/c16-15(17,18)12-2-1-10(7-21-12)14(23)22-6-3-11(9-22)24-13-8-19-4-5-20-13/h1-2,4-5,7-8,11H,3,6,9H2. The Hall–Kier alpha value is -2.71. The van der Waals surface area contributed by atoms with Crippen molar-refractivity contribution in [1.82, 2.24) is 19.9 Å². The summed E-state index contributed by atoms with van der Waals surface area (Å²) in [4.78, 5) is 25.0. The summed E-state index contributed by atoms with van der Waals surface area (Å²) in [6.45, 7) is 0.779. The minimum Gasteiger partial charge on any atom is -0.471 e. The molecule has 1 amide bonds. The van der Waals surface area contributed by atoms with Gasteiger partial charge in [-0.05, 0) is 12.1 Å². The minimum atomic E-state index is -4.52. The van der Waals surface area contributed by atoms with E-state index in [1.54, 1.807) is 0 Å². The van der Waals surface area contributed by atoms with Gasteiger partial charge in [-0.2, -0.15) is 13.2 Å². The van der Waals surface area contributed by atoms with E-state index in [1.165, 1.54) is 23.5 Å². The number of halogens is 3. The van der Waals surface area contributed by atoms with Crippen LogP contribution < -0.4 is 4.74 Å². The molecule has 0 aromatic carbocycles. The predicted molar refractivity (Wildman–Crippen MR) is 76.2 cm³/mol. The van der Waals surface area contributed by atoms with Gasteiger partial charge in [0.1, 0.15) is 11.8 Å². The van der Waals surface area contributed by atoms with Gasteiger partial charge in [-0.3, -0.25) is 14.8 Å². The molecule has 1 fully saturated rings. The van der Waals surface area contributed by atoms with Crippen molar-refractivity contribution in [3.05, 3.63) is 48.2 Å². The highest BCUT2D eigenvalue weighted by atomic mass is 19.4. The molecule has 126 valence electrons. The normalized spacial score (nSPS) is 17.8. The average molecular weight is 338 g/mol. The second-order valence-corrected chi connectivity index (χ2v) is 5.25. The number of carbonyl (C=O) groups excluding carboxylic acids is 1. The van der Waals surface area contributed by atoms with E-state index in [-0.39, 0.29) is 17.6 Å². The van der Waals surface area contributed by atoms with Crippen LogP contribution in [0.4, 0.5) is 13.2 Å². The molecule has 1 aliphatic rings. The molecule has 24 heavy (non-hydrogen) atoms. The van der Waals surface area contributed by atoms with Crippen molar-refractivity contribution in [2.75, 3.05) is 13.1 Å². The quantitative estimate of drug-likeness (QED) is 0.858. The number of alkyl halides is 3. The Labute approximate surface area is 135 Å². The molecule has 0 saturated carbocycles. The Morgan fingerprint density at radius 3 is 2.67 bits per heavy atom. The third kappa shape index (κ3) is 3.61. The van der Waals surface area contributed by atoms with Crippen LogP contribution in [0, 0.1) is 0 Å². The lowest BCUT2D eigenvalue weighted by Crippen LogP contribution is -2.31. The molecule has 3 heterocycles. The highest BCUT2D eigenvalue weighted by Crippen LogP contribution is 2.27. The largest absolute Gasteiger partial charge is 0.471 e. The van der Waals surface area contributed by atoms with E-state index in [0.717, 1.165) is 18.3 Å². The lowest BCUT2D eigenvalue weighted by molar-refractivity contribution is -0.141. The number of rotatable bonds is 3. The highest BCUT2D eigenvalue weighted by Gasteiger charge is 2.33. The summed E-state index contributed by atoms with van der Waals surface area (Å²) >= 11 is 0. The summed E-state index contributed by atoms with van der Waals surface area (Å²) in [6, 6.07) is 1.94. The molecule has 1 aliphatic heterocycles. The minimum absolute atomic E-state index is 0.114. The molecule has 1 saturated heterocycles. The van der Waals surface area contributed by atoms with E-state index in [0.29, 0.717) is 25.4 Å². The van der Waals surface area contributed by atoms with Crippen LogP contribution in [0.25, 0.3) is 0 Å². The zero-order valence-electron chi connectivity index (χ0n) is 12.4. The van der Waals surface area contributed by atoms with Gasteiger partial charge in [0, 0.05) is 31.6 Å². The summed E-state index contributed by atoms with van der Waals surface area (Å²) in [7, 11) is 0. The Morgan fingerprint density at radius 1 is 1.21 bits per heavy atom. The Morgan fingerprint density at radius 2 is 2.04 bits per heavy atom. The maximum Gasteiger partial charge on any atom is 0.433 e. The number of pyridine rings is 1. The Bertz CT molecular complexity index is 707. The molecule has 0 aliphatic carbocycles. The molecule has 9 heteroatoms. The number of carbonyl (C=O) groups is 1. The molecule has 2 aromatic rings. The topological polar surface area (TPSA) is 68.2 Å². The van der Waals surface area contributed by atoms with E-state index in [9.17, 15) is 18.0 Å². The second-order valence-electron chi connectivity index (χ2n) is 5.25. The van der Waals surface area contributed by atoms with Gasteiger partial charge in [-0.1, -0.05) is 0 Å². The van der Waals surface area contributed by atoms with E-state index in [2.05, 4.69) is 15.0 Å². The van der Waals surface area contributed by atoms with Crippen LogP contribution in [-0.2, 0) is 6.18 Å². The van der Waals surface area contributed by atoms with Crippen LogP contribution in [0.15, 0.2) is 36.9 Å². The molecule has 0 bridgehead atoms. The monoisotopic (exact) mass is 338 g/mol. The first-order valence-electron chi connectivity index (χ1n) is 7.18. The number of ether oxygens (including phenoxy) is 1. The summed E-state index contributed by atoms with van der Waals surface area (Å²) in [6.07, 6.45) is 1.30. The maximum atomic E-state index is 12.5. The van der Waals surface area contributed by atoms with Crippen LogP contribution in [0.3, 0.4) is 0 Å². The number of hydrogen-bond acceptors (Lipinski definition) is 5. The van der Waals surface area contributed by atoms with Crippen LogP contribution in [0.1, 0.15) is 22.5 Å². The molecular formula is C15H13F3N4O2. The van der Waals surface area contributed by atoms with Crippen LogP contribution in [0.5, 0.6) is 5.88 Å². The Kier molecular flexibility index (Phi) is 4.32. The summed E-state index contributed by atoms with van der Waals surface area (Å²) < 4.78 is 43.1. The van der Waals surface area contributed by atoms with Crippen LogP contribution in [-0.4, -0.2) is 45.0 Å². The van der Waals surface area contributed by atoms with Crippen LogP contribution in [0.2, 0.25) is 0 Å².